The molecule has 0 spiro atoms. The molecule has 0 saturated heterocycles. The normalized spacial score (nSPS) is 16.4. The molecule has 0 aliphatic heterocycles. The summed E-state index contributed by atoms with van der Waals surface area (Å²) in [6.07, 6.45) is 9.36. The van der Waals surface area contributed by atoms with Gasteiger partial charge in [-0.25, -0.2) is 0 Å². The van der Waals surface area contributed by atoms with Gasteiger partial charge >= 0.3 is 0 Å². The third-order valence-corrected chi connectivity index (χ3v) is 12.9. The van der Waals surface area contributed by atoms with Crippen molar-refractivity contribution in [3.63, 3.8) is 0 Å². The zero-order valence-corrected chi connectivity index (χ0v) is 32.8. The first-order valence-electron chi connectivity index (χ1n) is 20.5. The van der Waals surface area contributed by atoms with E-state index in [-0.39, 0.29) is 5.41 Å². The van der Waals surface area contributed by atoms with E-state index in [9.17, 15) is 0 Å². The van der Waals surface area contributed by atoms with Gasteiger partial charge < -0.3 is 4.90 Å². The van der Waals surface area contributed by atoms with Crippen molar-refractivity contribution < 1.29 is 0 Å². The topological polar surface area (TPSA) is 3.24 Å². The molecular formula is C57H43N. The summed E-state index contributed by atoms with van der Waals surface area (Å²) in [6.45, 7) is 4.90. The first-order valence-corrected chi connectivity index (χ1v) is 20.5. The van der Waals surface area contributed by atoms with Crippen molar-refractivity contribution in [2.75, 3.05) is 4.90 Å². The van der Waals surface area contributed by atoms with E-state index in [0.717, 1.165) is 17.1 Å². The van der Waals surface area contributed by atoms with Crippen LogP contribution in [0.3, 0.4) is 0 Å². The van der Waals surface area contributed by atoms with Gasteiger partial charge in [0, 0.05) is 23.0 Å². The van der Waals surface area contributed by atoms with Crippen molar-refractivity contribution in [3.05, 3.63) is 223 Å². The Morgan fingerprint density at radius 2 is 0.914 bits per heavy atom. The lowest BCUT2D eigenvalue weighted by Crippen LogP contribution is -2.24. The summed E-state index contributed by atoms with van der Waals surface area (Å²) in [6, 6.07) is 69.3. The molecule has 0 radical (unpaired) electrons. The molecule has 0 bridgehead atoms. The number of hydrogen-bond donors (Lipinski definition) is 0. The van der Waals surface area contributed by atoms with Crippen molar-refractivity contribution in [1.82, 2.24) is 0 Å². The van der Waals surface area contributed by atoms with E-state index in [1.54, 1.807) is 0 Å². The minimum Gasteiger partial charge on any atom is -0.311 e. The van der Waals surface area contributed by atoms with E-state index >= 15 is 0 Å². The van der Waals surface area contributed by atoms with Crippen LogP contribution in [0.15, 0.2) is 212 Å². The van der Waals surface area contributed by atoms with Crippen LogP contribution in [0.5, 0.6) is 0 Å². The zero-order valence-electron chi connectivity index (χ0n) is 32.8. The van der Waals surface area contributed by atoms with Crippen LogP contribution in [0, 0.1) is 5.92 Å². The average molecular weight is 742 g/mol. The van der Waals surface area contributed by atoms with Gasteiger partial charge in [0.25, 0.3) is 0 Å². The maximum Gasteiger partial charge on any atom is 0.0462 e. The SMILES string of the molecule is CC1(C)c2cc(-c3c4ccccc4c(-c4ccc(N(c5ccccc5)c5ccccc5)cc4)c4ccc(-c5ccccc5)cc34)c3ccccc3c2C2C=CC=CC21. The first-order chi connectivity index (χ1) is 28.6. The summed E-state index contributed by atoms with van der Waals surface area (Å²) in [5.74, 6) is 0.798. The zero-order chi connectivity index (χ0) is 38.8. The predicted octanol–water partition coefficient (Wildman–Crippen LogP) is 15.7. The number of allylic oxidation sites excluding steroid dienone is 4. The van der Waals surface area contributed by atoms with E-state index < -0.39 is 0 Å². The number of para-hydroxylation sites is 2. The van der Waals surface area contributed by atoms with Gasteiger partial charge in [0.05, 0.1) is 0 Å². The number of anilines is 3. The number of rotatable bonds is 6. The molecule has 276 valence electrons. The van der Waals surface area contributed by atoms with E-state index in [0.29, 0.717) is 11.8 Å². The number of fused-ring (bicyclic) bond motifs is 7. The van der Waals surface area contributed by atoms with Gasteiger partial charge in [-0.1, -0.05) is 178 Å². The molecule has 2 unspecified atom stereocenters. The highest BCUT2D eigenvalue weighted by Crippen LogP contribution is 2.57. The lowest BCUT2D eigenvalue weighted by molar-refractivity contribution is 0.394. The second-order valence-corrected chi connectivity index (χ2v) is 16.4. The minimum absolute atomic E-state index is 0.0179. The lowest BCUT2D eigenvalue weighted by atomic mass is 9.74. The fraction of sp³-hybridized carbons (Fsp3) is 0.0877. The van der Waals surface area contributed by atoms with Crippen LogP contribution < -0.4 is 4.90 Å². The summed E-state index contributed by atoms with van der Waals surface area (Å²) < 4.78 is 0. The quantitative estimate of drug-likeness (QED) is 0.153. The molecule has 11 rings (SSSR count). The standard InChI is InChI=1S/C57H43N/c1-57(2)52-29-17-16-28-49(52)56-45-25-13-12-24-44(45)51(37-53(56)57)55-47-27-15-14-26-46(47)54(48-35-32-40(36-50(48)55)38-18-6-3-7-19-38)39-30-33-43(34-31-39)58(41-20-8-4-9-21-41)42-22-10-5-11-23-42/h3-37,49,52H,1-2H3. The van der Waals surface area contributed by atoms with Crippen molar-refractivity contribution in [1.29, 1.82) is 0 Å². The summed E-state index contributed by atoms with van der Waals surface area (Å²) in [4.78, 5) is 2.33. The molecule has 0 fully saturated rings. The van der Waals surface area contributed by atoms with E-state index in [4.69, 9.17) is 0 Å². The van der Waals surface area contributed by atoms with Crippen LogP contribution in [-0.2, 0) is 5.41 Å². The Morgan fingerprint density at radius 3 is 1.59 bits per heavy atom. The molecule has 2 aliphatic rings. The van der Waals surface area contributed by atoms with Crippen LogP contribution in [0.2, 0.25) is 0 Å². The molecule has 1 heteroatoms. The molecule has 0 heterocycles. The Hall–Kier alpha value is -6.96. The van der Waals surface area contributed by atoms with Crippen molar-refractivity contribution in [2.24, 2.45) is 5.92 Å². The molecule has 2 atom stereocenters. The predicted molar refractivity (Wildman–Crippen MR) is 247 cm³/mol. The van der Waals surface area contributed by atoms with Crippen LogP contribution in [0.1, 0.15) is 30.9 Å². The summed E-state index contributed by atoms with van der Waals surface area (Å²) in [7, 11) is 0. The number of benzene rings is 9. The van der Waals surface area contributed by atoms with E-state index in [1.807, 2.05) is 0 Å². The lowest BCUT2D eigenvalue weighted by Gasteiger charge is -2.29. The smallest absolute Gasteiger partial charge is 0.0462 e. The summed E-state index contributed by atoms with van der Waals surface area (Å²) >= 11 is 0. The molecule has 9 aromatic carbocycles. The molecule has 0 aromatic heterocycles. The van der Waals surface area contributed by atoms with Crippen LogP contribution >= 0.6 is 0 Å². The third-order valence-electron chi connectivity index (χ3n) is 12.9. The van der Waals surface area contributed by atoms with Crippen LogP contribution in [-0.4, -0.2) is 0 Å². The number of hydrogen-bond acceptors (Lipinski definition) is 1. The molecule has 58 heavy (non-hydrogen) atoms. The van der Waals surface area contributed by atoms with Gasteiger partial charge in [0.2, 0.25) is 0 Å². The molecule has 9 aromatic rings. The Balaban J connectivity index is 1.19. The molecular weight excluding hydrogens is 699 g/mol. The van der Waals surface area contributed by atoms with Crippen LogP contribution in [0.4, 0.5) is 17.1 Å². The van der Waals surface area contributed by atoms with Crippen molar-refractivity contribution in [2.45, 2.75) is 25.2 Å². The Kier molecular flexibility index (Phi) is 8.05. The second kappa shape index (κ2) is 13.6. The van der Waals surface area contributed by atoms with Gasteiger partial charge in [0.1, 0.15) is 0 Å². The van der Waals surface area contributed by atoms with Crippen LogP contribution in [0.25, 0.3) is 65.7 Å². The molecule has 0 amide bonds. The Bertz CT molecular complexity index is 3020. The molecule has 2 aliphatic carbocycles. The van der Waals surface area contributed by atoms with Gasteiger partial charge in [0.15, 0.2) is 0 Å². The number of nitrogens with zero attached hydrogens (tertiary/aromatic N) is 1. The Morgan fingerprint density at radius 1 is 0.397 bits per heavy atom. The van der Waals surface area contributed by atoms with Crippen molar-refractivity contribution in [3.8, 4) is 33.4 Å². The molecule has 0 saturated carbocycles. The maximum absolute atomic E-state index is 2.57. The molecule has 1 nitrogen and oxygen atoms in total. The summed E-state index contributed by atoms with van der Waals surface area (Å²) in [5.41, 5.74) is 13.8. The highest BCUT2D eigenvalue weighted by molar-refractivity contribution is 6.24. The highest BCUT2D eigenvalue weighted by atomic mass is 15.1. The fourth-order valence-corrected chi connectivity index (χ4v) is 10.2. The molecule has 0 N–H and O–H groups in total. The summed E-state index contributed by atoms with van der Waals surface area (Å²) in [5, 5.41) is 7.74. The van der Waals surface area contributed by atoms with Gasteiger partial charge in [-0.15, -0.1) is 0 Å². The van der Waals surface area contributed by atoms with E-state index in [2.05, 4.69) is 231 Å². The maximum atomic E-state index is 2.57. The minimum atomic E-state index is -0.0179. The van der Waals surface area contributed by atoms with Gasteiger partial charge in [-0.05, 0) is 137 Å². The Labute approximate surface area is 340 Å². The van der Waals surface area contributed by atoms with Crippen molar-refractivity contribution >= 4 is 49.4 Å². The fourth-order valence-electron chi connectivity index (χ4n) is 10.2. The third kappa shape index (κ3) is 5.38. The second-order valence-electron chi connectivity index (χ2n) is 16.4. The van der Waals surface area contributed by atoms with Gasteiger partial charge in [-0.2, -0.15) is 0 Å². The van der Waals surface area contributed by atoms with Gasteiger partial charge in [-0.3, -0.25) is 0 Å². The highest BCUT2D eigenvalue weighted by Gasteiger charge is 2.45. The largest absolute Gasteiger partial charge is 0.311 e. The van der Waals surface area contributed by atoms with E-state index in [1.165, 1.54) is 76.8 Å². The first kappa shape index (κ1) is 34.3. The average Bonchev–Trinajstić information content (AvgIpc) is 3.52. The monoisotopic (exact) mass is 741 g/mol.